The molecule has 2 aromatic carbocycles. The zero-order chi connectivity index (χ0) is 22.9. The first-order valence-corrected chi connectivity index (χ1v) is 12.5. The maximum absolute atomic E-state index is 11.8. The van der Waals surface area contributed by atoms with Gasteiger partial charge in [-0.05, 0) is 55.6 Å². The Balaban J connectivity index is 1.79. The van der Waals surface area contributed by atoms with Crippen LogP contribution in [-0.2, 0) is 6.54 Å². The second-order valence-electron chi connectivity index (χ2n) is 9.38. The van der Waals surface area contributed by atoms with Gasteiger partial charge in [0.1, 0.15) is 12.4 Å². The lowest BCUT2D eigenvalue weighted by Crippen LogP contribution is -2.41. The zero-order valence-electron chi connectivity index (χ0n) is 19.1. The maximum Gasteiger partial charge on any atom is 0.335 e. The molecule has 0 bridgehead atoms. The molecule has 5 rings (SSSR count). The number of benzene rings is 2. The van der Waals surface area contributed by atoms with Gasteiger partial charge in [0, 0.05) is 35.4 Å². The van der Waals surface area contributed by atoms with Crippen molar-refractivity contribution in [3.8, 4) is 17.0 Å². The molecule has 1 N–H and O–H groups in total. The third-order valence-electron chi connectivity index (χ3n) is 7.39. The van der Waals surface area contributed by atoms with Crippen LogP contribution in [0.25, 0.3) is 22.2 Å². The maximum atomic E-state index is 11.8. The highest BCUT2D eigenvalue weighted by Crippen LogP contribution is 2.47. The molecule has 1 aromatic heterocycles. The van der Waals surface area contributed by atoms with Gasteiger partial charge >= 0.3 is 5.97 Å². The summed E-state index contributed by atoms with van der Waals surface area (Å²) in [7, 11) is 2.08. The number of aromatic nitrogens is 1. The van der Waals surface area contributed by atoms with Crippen molar-refractivity contribution < 1.29 is 14.6 Å². The summed E-state index contributed by atoms with van der Waals surface area (Å²) in [5.41, 5.74) is 4.99. The Morgan fingerprint density at radius 3 is 2.73 bits per heavy atom. The molecule has 0 unspecified atom stereocenters. The number of hydrogen-bond acceptors (Lipinski definition) is 3. The largest absolute Gasteiger partial charge is 0.491 e. The fraction of sp³-hybridized carbons (Fsp3) is 0.444. The first-order chi connectivity index (χ1) is 16.1. The summed E-state index contributed by atoms with van der Waals surface area (Å²) in [6.45, 7) is 2.05. The van der Waals surface area contributed by atoms with Gasteiger partial charge in [0.25, 0.3) is 0 Å². The molecular formula is C27H31ClN2O3. The zero-order valence-corrected chi connectivity index (χ0v) is 19.9. The van der Waals surface area contributed by atoms with E-state index in [1.54, 1.807) is 6.07 Å². The van der Waals surface area contributed by atoms with Gasteiger partial charge in [0.2, 0.25) is 0 Å². The van der Waals surface area contributed by atoms with Crippen molar-refractivity contribution in [2.45, 2.75) is 50.6 Å². The van der Waals surface area contributed by atoms with Gasteiger partial charge in [-0.2, -0.15) is 0 Å². The van der Waals surface area contributed by atoms with Crippen molar-refractivity contribution in [3.05, 3.63) is 53.6 Å². The first-order valence-electron chi connectivity index (χ1n) is 12.0. The molecular weight excluding hydrogens is 436 g/mol. The minimum atomic E-state index is -0.892. The molecule has 1 aliphatic carbocycles. The van der Waals surface area contributed by atoms with Gasteiger partial charge in [0.05, 0.1) is 17.3 Å². The number of carbonyl (C=O) groups is 1. The number of fused-ring (bicyclic) bond motifs is 5. The van der Waals surface area contributed by atoms with E-state index in [0.29, 0.717) is 24.0 Å². The fourth-order valence-electron chi connectivity index (χ4n) is 5.61. The van der Waals surface area contributed by atoms with Gasteiger partial charge in [0.15, 0.2) is 0 Å². The Labute approximate surface area is 199 Å². The lowest BCUT2D eigenvalue weighted by Gasteiger charge is -2.32. The molecule has 1 atom stereocenters. The van der Waals surface area contributed by atoms with Crippen LogP contribution in [0.1, 0.15) is 53.9 Å². The van der Waals surface area contributed by atoms with Crippen LogP contribution in [0.15, 0.2) is 42.5 Å². The van der Waals surface area contributed by atoms with Crippen LogP contribution in [0.3, 0.4) is 0 Å². The van der Waals surface area contributed by atoms with Crippen molar-refractivity contribution in [2.75, 3.05) is 26.1 Å². The summed E-state index contributed by atoms with van der Waals surface area (Å²) >= 11 is 6.07. The van der Waals surface area contributed by atoms with Gasteiger partial charge in [-0.25, -0.2) is 4.79 Å². The molecule has 1 fully saturated rings. The molecule has 3 aromatic rings. The highest BCUT2D eigenvalue weighted by Gasteiger charge is 2.31. The standard InChI is InChI=1S/C27H31ClN2O3/c1-29(14-13-28)20-16-30-23-15-19(27(31)32)11-12-21(23)25(18-7-3-2-4-8-18)26(30)22-9-5-6-10-24(22)33-17-20/h5-6,9-12,15,18,20H,2-4,7-8,13-14,16-17H2,1H3,(H,31,32)/t20-/m1/s1. The number of alkyl halides is 1. The molecule has 0 spiro atoms. The minimum Gasteiger partial charge on any atom is -0.491 e. The van der Waals surface area contributed by atoms with Crippen LogP contribution >= 0.6 is 11.6 Å². The van der Waals surface area contributed by atoms with E-state index in [9.17, 15) is 9.90 Å². The van der Waals surface area contributed by atoms with Crippen LogP contribution in [0.2, 0.25) is 0 Å². The van der Waals surface area contributed by atoms with E-state index >= 15 is 0 Å². The molecule has 33 heavy (non-hydrogen) atoms. The van der Waals surface area contributed by atoms with Gasteiger partial charge in [-0.1, -0.05) is 37.5 Å². The number of halogens is 1. The van der Waals surface area contributed by atoms with Crippen LogP contribution in [0.5, 0.6) is 5.75 Å². The highest BCUT2D eigenvalue weighted by molar-refractivity contribution is 6.18. The predicted octanol–water partition coefficient (Wildman–Crippen LogP) is 5.99. The van der Waals surface area contributed by atoms with E-state index in [-0.39, 0.29) is 6.04 Å². The van der Waals surface area contributed by atoms with Gasteiger partial charge < -0.3 is 14.4 Å². The van der Waals surface area contributed by atoms with E-state index < -0.39 is 5.97 Å². The molecule has 0 radical (unpaired) electrons. The third kappa shape index (κ3) is 4.13. The van der Waals surface area contributed by atoms with Crippen LogP contribution < -0.4 is 4.74 Å². The Morgan fingerprint density at radius 2 is 1.97 bits per heavy atom. The average Bonchev–Trinajstić information content (AvgIpc) is 3.13. The van der Waals surface area contributed by atoms with Crippen LogP contribution in [-0.4, -0.2) is 52.7 Å². The SMILES string of the molecule is CN(CCCl)[C@H]1COc2ccccc2-c2c(C3CCCCC3)c3ccc(C(=O)O)cc3n2C1. The van der Waals surface area contributed by atoms with Crippen molar-refractivity contribution in [3.63, 3.8) is 0 Å². The summed E-state index contributed by atoms with van der Waals surface area (Å²) < 4.78 is 8.74. The number of aromatic carboxylic acids is 1. The molecule has 174 valence electrons. The second-order valence-corrected chi connectivity index (χ2v) is 9.75. The van der Waals surface area contributed by atoms with Crippen molar-refractivity contribution in [2.24, 2.45) is 0 Å². The Bertz CT molecular complexity index is 1170. The highest BCUT2D eigenvalue weighted by atomic mass is 35.5. The van der Waals surface area contributed by atoms with E-state index in [0.717, 1.165) is 29.9 Å². The number of rotatable bonds is 5. The Morgan fingerprint density at radius 1 is 1.18 bits per heavy atom. The predicted molar refractivity (Wildman–Crippen MR) is 133 cm³/mol. The van der Waals surface area contributed by atoms with E-state index in [4.69, 9.17) is 16.3 Å². The Kier molecular flexibility index (Phi) is 6.35. The smallest absolute Gasteiger partial charge is 0.335 e. The summed E-state index contributed by atoms with van der Waals surface area (Å²) in [5.74, 6) is 1.03. The number of likely N-dealkylation sites (N-methyl/N-ethyl adjacent to an activating group) is 1. The molecule has 2 aliphatic rings. The third-order valence-corrected chi connectivity index (χ3v) is 7.56. The first kappa shape index (κ1) is 22.3. The summed E-state index contributed by atoms with van der Waals surface area (Å²) in [5, 5.41) is 10.9. The molecule has 6 heteroatoms. The molecule has 1 aliphatic heterocycles. The monoisotopic (exact) mass is 466 g/mol. The molecule has 0 saturated heterocycles. The number of carboxylic acid groups (broad SMARTS) is 1. The van der Waals surface area contributed by atoms with E-state index in [2.05, 4.69) is 34.7 Å². The van der Waals surface area contributed by atoms with E-state index in [1.807, 2.05) is 18.2 Å². The average molecular weight is 467 g/mol. The second kappa shape index (κ2) is 9.40. The van der Waals surface area contributed by atoms with Crippen molar-refractivity contribution in [1.82, 2.24) is 9.47 Å². The molecule has 1 saturated carbocycles. The quantitative estimate of drug-likeness (QED) is 0.469. The summed E-state index contributed by atoms with van der Waals surface area (Å²) in [6.07, 6.45) is 6.11. The molecule has 2 heterocycles. The molecule has 0 amide bonds. The van der Waals surface area contributed by atoms with E-state index in [1.165, 1.54) is 48.7 Å². The lowest BCUT2D eigenvalue weighted by molar-refractivity contribution is 0.0697. The number of ether oxygens (including phenoxy) is 1. The lowest BCUT2D eigenvalue weighted by atomic mass is 9.81. The number of carboxylic acids is 1. The minimum absolute atomic E-state index is 0.124. The van der Waals surface area contributed by atoms with Gasteiger partial charge in [-0.3, -0.25) is 4.90 Å². The van der Waals surface area contributed by atoms with Crippen molar-refractivity contribution in [1.29, 1.82) is 0 Å². The number of hydrogen-bond donors (Lipinski definition) is 1. The number of nitrogens with zero attached hydrogens (tertiary/aromatic N) is 2. The summed E-state index contributed by atoms with van der Waals surface area (Å²) in [4.78, 5) is 14.1. The molecule has 5 nitrogen and oxygen atoms in total. The summed E-state index contributed by atoms with van der Waals surface area (Å²) in [6, 6.07) is 14.0. The number of para-hydroxylation sites is 1. The van der Waals surface area contributed by atoms with Gasteiger partial charge in [-0.15, -0.1) is 11.6 Å². The Hall–Kier alpha value is -2.50. The van der Waals surface area contributed by atoms with Crippen LogP contribution in [0.4, 0.5) is 0 Å². The topological polar surface area (TPSA) is 54.7 Å². The van der Waals surface area contributed by atoms with Crippen LogP contribution in [0, 0.1) is 0 Å². The fourth-order valence-corrected chi connectivity index (χ4v) is 5.88. The normalized spacial score (nSPS) is 18.9. The van der Waals surface area contributed by atoms with Crippen molar-refractivity contribution >= 4 is 28.5 Å².